The van der Waals surface area contributed by atoms with Gasteiger partial charge in [0.2, 0.25) is 0 Å². The van der Waals surface area contributed by atoms with Crippen molar-refractivity contribution < 1.29 is 14.6 Å². The van der Waals surface area contributed by atoms with Gasteiger partial charge in [-0.2, -0.15) is 0 Å². The summed E-state index contributed by atoms with van der Waals surface area (Å²) in [5.74, 6) is -0.384. The quantitative estimate of drug-likeness (QED) is 0.613. The molecule has 1 N–H and O–H groups in total. The summed E-state index contributed by atoms with van der Waals surface area (Å²) >= 11 is 0. The van der Waals surface area contributed by atoms with E-state index in [0.29, 0.717) is 5.57 Å². The van der Waals surface area contributed by atoms with Crippen LogP contribution in [0.3, 0.4) is 0 Å². The number of benzene rings is 2. The normalized spacial score (nSPS) is 10.5. The van der Waals surface area contributed by atoms with Crippen LogP contribution in [-0.4, -0.2) is 17.7 Å². The molecule has 2 aromatic rings. The van der Waals surface area contributed by atoms with Crippen LogP contribution in [0, 0.1) is 6.92 Å². The van der Waals surface area contributed by atoms with Crippen molar-refractivity contribution in [2.75, 3.05) is 6.61 Å². The van der Waals surface area contributed by atoms with E-state index in [1.807, 2.05) is 0 Å². The minimum Gasteiger partial charge on any atom is -0.457 e. The van der Waals surface area contributed by atoms with Crippen LogP contribution in [0.1, 0.15) is 30.0 Å². The van der Waals surface area contributed by atoms with E-state index < -0.39 is 0 Å². The number of hydrogen-bond donors (Lipinski definition) is 1. The summed E-state index contributed by atoms with van der Waals surface area (Å²) in [6, 6.07) is 14.5. The van der Waals surface area contributed by atoms with Crippen molar-refractivity contribution >= 4 is 5.97 Å². The van der Waals surface area contributed by atoms with Crippen molar-refractivity contribution in [2.45, 2.75) is 33.3 Å². The predicted octanol–water partition coefficient (Wildman–Crippen LogP) is 4.21. The van der Waals surface area contributed by atoms with E-state index in [1.54, 1.807) is 6.92 Å². The summed E-state index contributed by atoms with van der Waals surface area (Å²) in [5, 5.41) is 9.01. The second-order valence-corrected chi connectivity index (χ2v) is 6.04. The highest BCUT2D eigenvalue weighted by Crippen LogP contribution is 2.26. The van der Waals surface area contributed by atoms with Crippen LogP contribution < -0.4 is 0 Å². The van der Waals surface area contributed by atoms with Gasteiger partial charge in [-0.15, -0.1) is 0 Å². The zero-order chi connectivity index (χ0) is 17.5. The Morgan fingerprint density at radius 1 is 1.17 bits per heavy atom. The average molecular weight is 324 g/mol. The third-order valence-electron chi connectivity index (χ3n) is 3.86. The Bertz CT molecular complexity index is 714. The molecule has 0 aromatic heterocycles. The maximum atomic E-state index is 11.7. The number of aliphatic hydroxyl groups is 1. The fraction of sp³-hybridized carbons (Fsp3) is 0.286. The number of carbonyl (C=O) groups is 1. The molecule has 0 bridgehead atoms. The van der Waals surface area contributed by atoms with Crippen molar-refractivity contribution in [3.8, 4) is 11.1 Å². The molecule has 0 aliphatic carbocycles. The van der Waals surface area contributed by atoms with Crippen LogP contribution in [0.4, 0.5) is 0 Å². The lowest BCUT2D eigenvalue weighted by Crippen LogP contribution is -2.06. The van der Waals surface area contributed by atoms with Crippen LogP contribution in [-0.2, 0) is 22.6 Å². The SMILES string of the molecule is C=C(C)C(=O)OCc1cc(CCCO)ccc1-c1ccc(C)cc1. The topological polar surface area (TPSA) is 46.5 Å². The second kappa shape index (κ2) is 8.46. The number of carbonyl (C=O) groups excluding carboxylic acids is 1. The predicted molar refractivity (Wildman–Crippen MR) is 96.6 cm³/mol. The van der Waals surface area contributed by atoms with Crippen molar-refractivity contribution in [1.82, 2.24) is 0 Å². The molecule has 126 valence electrons. The standard InChI is InChI=1S/C21H24O3/c1-15(2)21(23)24-14-19-13-17(5-4-12-22)8-11-20(19)18-9-6-16(3)7-10-18/h6-11,13,22H,1,4-5,12,14H2,2-3H3. The molecule has 3 nitrogen and oxygen atoms in total. The molecule has 0 amide bonds. The molecule has 0 unspecified atom stereocenters. The Hall–Kier alpha value is -2.39. The Labute approximate surface area is 143 Å². The second-order valence-electron chi connectivity index (χ2n) is 6.04. The summed E-state index contributed by atoms with van der Waals surface area (Å²) < 4.78 is 5.35. The maximum absolute atomic E-state index is 11.7. The molecule has 0 aliphatic heterocycles. The van der Waals surface area contributed by atoms with Gasteiger partial charge in [-0.05, 0) is 48.9 Å². The minimum atomic E-state index is -0.384. The zero-order valence-corrected chi connectivity index (χ0v) is 14.3. The van der Waals surface area contributed by atoms with Gasteiger partial charge in [0, 0.05) is 12.2 Å². The lowest BCUT2D eigenvalue weighted by atomic mass is 9.96. The van der Waals surface area contributed by atoms with Gasteiger partial charge >= 0.3 is 5.97 Å². The molecule has 0 saturated heterocycles. The van der Waals surface area contributed by atoms with E-state index in [0.717, 1.165) is 35.1 Å². The van der Waals surface area contributed by atoms with E-state index in [2.05, 4.69) is 56.0 Å². The number of aliphatic hydroxyl groups excluding tert-OH is 1. The molecule has 0 atom stereocenters. The average Bonchev–Trinajstić information content (AvgIpc) is 2.58. The highest BCUT2D eigenvalue weighted by molar-refractivity contribution is 5.87. The molecule has 2 rings (SSSR count). The van der Waals surface area contributed by atoms with E-state index in [1.165, 1.54) is 5.56 Å². The van der Waals surface area contributed by atoms with Crippen molar-refractivity contribution in [3.63, 3.8) is 0 Å². The van der Waals surface area contributed by atoms with Gasteiger partial charge in [-0.1, -0.05) is 54.6 Å². The first-order chi connectivity index (χ1) is 11.5. The van der Waals surface area contributed by atoms with Crippen LogP contribution in [0.15, 0.2) is 54.6 Å². The Kier molecular flexibility index (Phi) is 6.33. The summed E-state index contributed by atoms with van der Waals surface area (Å²) in [4.78, 5) is 11.7. The highest BCUT2D eigenvalue weighted by Gasteiger charge is 2.10. The monoisotopic (exact) mass is 324 g/mol. The smallest absolute Gasteiger partial charge is 0.333 e. The fourth-order valence-electron chi connectivity index (χ4n) is 2.49. The maximum Gasteiger partial charge on any atom is 0.333 e. The van der Waals surface area contributed by atoms with Gasteiger partial charge < -0.3 is 9.84 Å². The highest BCUT2D eigenvalue weighted by atomic mass is 16.5. The summed E-state index contributed by atoms with van der Waals surface area (Å²) in [6.07, 6.45) is 1.51. The first kappa shape index (κ1) is 18.0. The molecule has 0 heterocycles. The Morgan fingerprint density at radius 2 is 1.88 bits per heavy atom. The molecule has 3 heteroatoms. The number of esters is 1. The molecule has 0 saturated carbocycles. The number of aryl methyl sites for hydroxylation is 2. The van der Waals surface area contributed by atoms with E-state index in [9.17, 15) is 4.79 Å². The largest absolute Gasteiger partial charge is 0.457 e. The van der Waals surface area contributed by atoms with Crippen LogP contribution in [0.2, 0.25) is 0 Å². The lowest BCUT2D eigenvalue weighted by Gasteiger charge is -2.13. The van der Waals surface area contributed by atoms with Crippen molar-refractivity contribution in [1.29, 1.82) is 0 Å². The van der Waals surface area contributed by atoms with Crippen molar-refractivity contribution in [3.05, 3.63) is 71.3 Å². The third kappa shape index (κ3) is 4.80. The summed E-state index contributed by atoms with van der Waals surface area (Å²) in [6.45, 7) is 7.68. The van der Waals surface area contributed by atoms with Gasteiger partial charge in [0.05, 0.1) is 0 Å². The first-order valence-electron chi connectivity index (χ1n) is 8.13. The van der Waals surface area contributed by atoms with Gasteiger partial charge in [0.1, 0.15) is 6.61 Å². The van der Waals surface area contributed by atoms with Gasteiger partial charge in [-0.25, -0.2) is 4.79 Å². The minimum absolute atomic E-state index is 0.166. The molecule has 0 aliphatic rings. The van der Waals surface area contributed by atoms with Crippen LogP contribution in [0.5, 0.6) is 0 Å². The van der Waals surface area contributed by atoms with Gasteiger partial charge in [0.15, 0.2) is 0 Å². The van der Waals surface area contributed by atoms with Gasteiger partial charge in [-0.3, -0.25) is 0 Å². The van der Waals surface area contributed by atoms with Crippen molar-refractivity contribution in [2.24, 2.45) is 0 Å². The first-order valence-corrected chi connectivity index (χ1v) is 8.13. The number of hydrogen-bond acceptors (Lipinski definition) is 3. The van der Waals surface area contributed by atoms with Gasteiger partial charge in [0.25, 0.3) is 0 Å². The zero-order valence-electron chi connectivity index (χ0n) is 14.3. The summed E-state index contributed by atoms with van der Waals surface area (Å²) in [7, 11) is 0. The molecular formula is C21H24O3. The molecule has 0 fully saturated rings. The van der Waals surface area contributed by atoms with Crippen LogP contribution in [0.25, 0.3) is 11.1 Å². The number of ether oxygens (including phenoxy) is 1. The fourth-order valence-corrected chi connectivity index (χ4v) is 2.49. The van der Waals surface area contributed by atoms with E-state index >= 15 is 0 Å². The Morgan fingerprint density at radius 3 is 2.50 bits per heavy atom. The van der Waals surface area contributed by atoms with E-state index in [4.69, 9.17) is 9.84 Å². The lowest BCUT2D eigenvalue weighted by molar-refractivity contribution is -0.140. The molecule has 0 spiro atoms. The Balaban J connectivity index is 2.31. The molecule has 24 heavy (non-hydrogen) atoms. The molecule has 0 radical (unpaired) electrons. The molecule has 2 aromatic carbocycles. The van der Waals surface area contributed by atoms with Crippen LogP contribution >= 0.6 is 0 Å². The number of rotatable bonds is 7. The summed E-state index contributed by atoms with van der Waals surface area (Å²) in [5.41, 5.74) is 5.83. The third-order valence-corrected chi connectivity index (χ3v) is 3.86. The molecular weight excluding hydrogens is 300 g/mol. The van der Waals surface area contributed by atoms with E-state index in [-0.39, 0.29) is 19.2 Å².